The van der Waals surface area contributed by atoms with Gasteiger partial charge in [0.2, 0.25) is 0 Å². The topological polar surface area (TPSA) is 28.2 Å². The minimum absolute atomic E-state index is 0.556. The summed E-state index contributed by atoms with van der Waals surface area (Å²) in [6.07, 6.45) is 5.81. The quantitative estimate of drug-likeness (QED) is 0.849. The van der Waals surface area contributed by atoms with Crippen LogP contribution >= 0.6 is 0 Å². The summed E-state index contributed by atoms with van der Waals surface area (Å²) in [4.78, 5) is 7.04. The molecule has 3 heteroatoms. The molecule has 3 nitrogen and oxygen atoms in total. The molecule has 2 heterocycles. The van der Waals surface area contributed by atoms with Gasteiger partial charge in [0.05, 0.1) is 0 Å². The maximum atomic E-state index is 4.45. The second-order valence-corrected chi connectivity index (χ2v) is 5.71. The fourth-order valence-corrected chi connectivity index (χ4v) is 3.12. The molecule has 0 spiro atoms. The zero-order valence-corrected chi connectivity index (χ0v) is 12.6. The van der Waals surface area contributed by atoms with Crippen LogP contribution in [-0.2, 0) is 6.54 Å². The Bertz CT molecular complexity index is 399. The highest BCUT2D eigenvalue weighted by Gasteiger charge is 2.34. The highest BCUT2D eigenvalue weighted by molar-refractivity contribution is 5.43. The molecule has 1 aromatic heterocycles. The molecule has 0 amide bonds. The summed E-state index contributed by atoms with van der Waals surface area (Å²) in [6.45, 7) is 11.2. The third-order valence-electron chi connectivity index (χ3n) is 4.65. The standard InChI is InChI=1S/C16H27N3/c1-4-16(5-2)9-11-19(13-16)12-14-8-7-10-18-15(14)17-6-3/h7-8,10H,4-6,9,11-13H2,1-3H3,(H,17,18). The van der Waals surface area contributed by atoms with Crippen molar-refractivity contribution in [2.75, 3.05) is 25.0 Å². The number of hydrogen-bond donors (Lipinski definition) is 1. The molecule has 1 N–H and O–H groups in total. The first-order valence-electron chi connectivity index (χ1n) is 7.63. The largest absolute Gasteiger partial charge is 0.370 e. The number of pyridine rings is 1. The normalized spacial score (nSPS) is 18.7. The summed E-state index contributed by atoms with van der Waals surface area (Å²) in [7, 11) is 0. The van der Waals surface area contributed by atoms with Crippen molar-refractivity contribution in [1.29, 1.82) is 0 Å². The van der Waals surface area contributed by atoms with Gasteiger partial charge in [-0.3, -0.25) is 4.90 Å². The summed E-state index contributed by atoms with van der Waals surface area (Å²) < 4.78 is 0. The Labute approximate surface area is 117 Å². The van der Waals surface area contributed by atoms with E-state index in [1.165, 1.54) is 37.9 Å². The van der Waals surface area contributed by atoms with Crippen LogP contribution in [0.5, 0.6) is 0 Å². The molecular formula is C16H27N3. The van der Waals surface area contributed by atoms with Crippen LogP contribution in [-0.4, -0.2) is 29.5 Å². The molecule has 1 aliphatic heterocycles. The Morgan fingerprint density at radius 3 is 2.74 bits per heavy atom. The molecule has 1 saturated heterocycles. The molecule has 0 aliphatic carbocycles. The highest BCUT2D eigenvalue weighted by atomic mass is 15.2. The van der Waals surface area contributed by atoms with Crippen LogP contribution in [0, 0.1) is 5.41 Å². The van der Waals surface area contributed by atoms with E-state index in [4.69, 9.17) is 0 Å². The van der Waals surface area contributed by atoms with Crippen molar-refractivity contribution in [1.82, 2.24) is 9.88 Å². The van der Waals surface area contributed by atoms with Crippen LogP contribution in [0.15, 0.2) is 18.3 Å². The summed E-state index contributed by atoms with van der Waals surface area (Å²) >= 11 is 0. The van der Waals surface area contributed by atoms with Gasteiger partial charge in [-0.05, 0) is 44.2 Å². The van der Waals surface area contributed by atoms with E-state index in [-0.39, 0.29) is 0 Å². The third-order valence-corrected chi connectivity index (χ3v) is 4.65. The molecule has 1 aromatic rings. The highest BCUT2D eigenvalue weighted by Crippen LogP contribution is 2.37. The predicted molar refractivity (Wildman–Crippen MR) is 81.3 cm³/mol. The van der Waals surface area contributed by atoms with Crippen molar-refractivity contribution in [3.05, 3.63) is 23.9 Å². The van der Waals surface area contributed by atoms with Gasteiger partial charge in [0.25, 0.3) is 0 Å². The summed E-state index contributed by atoms with van der Waals surface area (Å²) in [6, 6.07) is 4.24. The van der Waals surface area contributed by atoms with Crippen LogP contribution in [0.1, 0.15) is 45.6 Å². The second-order valence-electron chi connectivity index (χ2n) is 5.71. The van der Waals surface area contributed by atoms with Crippen molar-refractivity contribution in [3.63, 3.8) is 0 Å². The van der Waals surface area contributed by atoms with Gasteiger partial charge in [-0.15, -0.1) is 0 Å². The van der Waals surface area contributed by atoms with E-state index >= 15 is 0 Å². The average molecular weight is 261 g/mol. The van der Waals surface area contributed by atoms with Crippen LogP contribution in [0.3, 0.4) is 0 Å². The average Bonchev–Trinajstić information content (AvgIpc) is 2.85. The van der Waals surface area contributed by atoms with E-state index in [0.29, 0.717) is 5.41 Å². The number of hydrogen-bond acceptors (Lipinski definition) is 3. The number of rotatable bonds is 6. The smallest absolute Gasteiger partial charge is 0.130 e. The lowest BCUT2D eigenvalue weighted by Gasteiger charge is -2.26. The van der Waals surface area contributed by atoms with E-state index in [1.54, 1.807) is 0 Å². The maximum absolute atomic E-state index is 4.45. The first kappa shape index (κ1) is 14.3. The summed E-state index contributed by atoms with van der Waals surface area (Å²) in [5.74, 6) is 1.05. The Morgan fingerprint density at radius 2 is 2.11 bits per heavy atom. The van der Waals surface area contributed by atoms with Crippen molar-refractivity contribution in [2.45, 2.75) is 46.6 Å². The Morgan fingerprint density at radius 1 is 1.32 bits per heavy atom. The second kappa shape index (κ2) is 6.38. The lowest BCUT2D eigenvalue weighted by Crippen LogP contribution is -2.26. The fraction of sp³-hybridized carbons (Fsp3) is 0.688. The molecule has 0 radical (unpaired) electrons. The maximum Gasteiger partial charge on any atom is 0.130 e. The fourth-order valence-electron chi connectivity index (χ4n) is 3.12. The zero-order valence-electron chi connectivity index (χ0n) is 12.6. The van der Waals surface area contributed by atoms with Crippen molar-refractivity contribution in [3.8, 4) is 0 Å². The van der Waals surface area contributed by atoms with Gasteiger partial charge in [0.15, 0.2) is 0 Å². The summed E-state index contributed by atoms with van der Waals surface area (Å²) in [5.41, 5.74) is 1.88. The Balaban J connectivity index is 2.03. The van der Waals surface area contributed by atoms with Gasteiger partial charge in [0.1, 0.15) is 5.82 Å². The van der Waals surface area contributed by atoms with Gasteiger partial charge in [0, 0.05) is 31.4 Å². The van der Waals surface area contributed by atoms with E-state index in [0.717, 1.165) is 18.9 Å². The van der Waals surface area contributed by atoms with E-state index < -0.39 is 0 Å². The lowest BCUT2D eigenvalue weighted by atomic mass is 9.82. The number of likely N-dealkylation sites (tertiary alicyclic amines) is 1. The van der Waals surface area contributed by atoms with Gasteiger partial charge in [-0.1, -0.05) is 19.9 Å². The predicted octanol–water partition coefficient (Wildman–Crippen LogP) is 3.53. The number of nitrogens with one attached hydrogen (secondary N) is 1. The first-order valence-corrected chi connectivity index (χ1v) is 7.63. The molecule has 1 fully saturated rings. The van der Waals surface area contributed by atoms with Gasteiger partial charge in [-0.2, -0.15) is 0 Å². The first-order chi connectivity index (χ1) is 9.23. The number of anilines is 1. The minimum Gasteiger partial charge on any atom is -0.370 e. The van der Waals surface area contributed by atoms with E-state index in [2.05, 4.69) is 42.0 Å². The number of nitrogens with zero attached hydrogens (tertiary/aromatic N) is 2. The van der Waals surface area contributed by atoms with Crippen LogP contribution in [0.25, 0.3) is 0 Å². The minimum atomic E-state index is 0.556. The molecule has 106 valence electrons. The van der Waals surface area contributed by atoms with E-state index in [9.17, 15) is 0 Å². The summed E-state index contributed by atoms with van der Waals surface area (Å²) in [5, 5.41) is 3.36. The van der Waals surface area contributed by atoms with Gasteiger partial charge in [-0.25, -0.2) is 4.98 Å². The monoisotopic (exact) mass is 261 g/mol. The molecule has 0 atom stereocenters. The zero-order chi connectivity index (χ0) is 13.7. The molecule has 1 aliphatic rings. The van der Waals surface area contributed by atoms with Crippen LogP contribution in [0.4, 0.5) is 5.82 Å². The van der Waals surface area contributed by atoms with Crippen molar-refractivity contribution >= 4 is 5.82 Å². The lowest BCUT2D eigenvalue weighted by molar-refractivity contribution is 0.236. The molecular weight excluding hydrogens is 234 g/mol. The van der Waals surface area contributed by atoms with Crippen molar-refractivity contribution < 1.29 is 0 Å². The van der Waals surface area contributed by atoms with Gasteiger partial charge >= 0.3 is 0 Å². The Hall–Kier alpha value is -1.09. The molecule has 0 aromatic carbocycles. The molecule has 2 rings (SSSR count). The van der Waals surface area contributed by atoms with Gasteiger partial charge < -0.3 is 5.32 Å². The molecule has 19 heavy (non-hydrogen) atoms. The van der Waals surface area contributed by atoms with E-state index in [1.807, 2.05) is 12.3 Å². The van der Waals surface area contributed by atoms with Crippen molar-refractivity contribution in [2.24, 2.45) is 5.41 Å². The Kier molecular flexibility index (Phi) is 4.81. The molecule has 0 saturated carbocycles. The molecule has 0 bridgehead atoms. The SMILES string of the molecule is CCNc1ncccc1CN1CCC(CC)(CC)C1. The van der Waals surface area contributed by atoms with Crippen LogP contribution in [0.2, 0.25) is 0 Å². The third kappa shape index (κ3) is 3.27. The van der Waals surface area contributed by atoms with Crippen LogP contribution < -0.4 is 5.32 Å². The molecule has 0 unspecified atom stereocenters. The number of aromatic nitrogens is 1.